The smallest absolute Gasteiger partial charge is 0.124 e. The van der Waals surface area contributed by atoms with Crippen molar-refractivity contribution in [3.63, 3.8) is 0 Å². The zero-order valence-corrected chi connectivity index (χ0v) is 13.1. The number of halogens is 3. The van der Waals surface area contributed by atoms with Gasteiger partial charge in [-0.2, -0.15) is 0 Å². The Morgan fingerprint density at radius 2 is 1.70 bits per heavy atom. The van der Waals surface area contributed by atoms with Gasteiger partial charge in [0, 0.05) is 32.2 Å². The molecule has 0 aliphatic carbocycles. The van der Waals surface area contributed by atoms with E-state index in [1.54, 1.807) is 36.4 Å². The summed E-state index contributed by atoms with van der Waals surface area (Å²) < 4.78 is 5.79. The number of hydrogen-bond donors (Lipinski definition) is 1. The molecule has 0 aromatic heterocycles. The highest BCUT2D eigenvalue weighted by Gasteiger charge is 2.10. The van der Waals surface area contributed by atoms with Crippen LogP contribution in [0.1, 0.15) is 24.1 Å². The van der Waals surface area contributed by atoms with Gasteiger partial charge in [0.1, 0.15) is 12.4 Å². The Labute approximate surface area is 133 Å². The molecular formula is C15H14Cl3NO. The molecule has 0 spiro atoms. The summed E-state index contributed by atoms with van der Waals surface area (Å²) in [4.78, 5) is 0. The van der Waals surface area contributed by atoms with E-state index >= 15 is 0 Å². The third kappa shape index (κ3) is 3.80. The van der Waals surface area contributed by atoms with Crippen LogP contribution in [0.2, 0.25) is 15.1 Å². The van der Waals surface area contributed by atoms with Crippen LogP contribution in [0.25, 0.3) is 0 Å². The van der Waals surface area contributed by atoms with Crippen LogP contribution in [0, 0.1) is 0 Å². The molecule has 1 atom stereocenters. The molecule has 0 aliphatic heterocycles. The molecule has 2 aromatic carbocycles. The predicted molar refractivity (Wildman–Crippen MR) is 84.8 cm³/mol. The minimum absolute atomic E-state index is 0.168. The SMILES string of the molecule is C[C@@H](N)c1cc(Cl)ccc1OCc1cc(Cl)ccc1Cl. The first-order chi connectivity index (χ1) is 9.47. The molecule has 2 aromatic rings. The Bertz CT molecular complexity index is 614. The maximum atomic E-state index is 6.11. The molecule has 0 saturated heterocycles. The van der Waals surface area contributed by atoms with Crippen LogP contribution in [0.15, 0.2) is 36.4 Å². The molecular weight excluding hydrogens is 317 g/mol. The molecule has 106 valence electrons. The summed E-state index contributed by atoms with van der Waals surface area (Å²) in [5.41, 5.74) is 7.60. The summed E-state index contributed by atoms with van der Waals surface area (Å²) in [5.74, 6) is 0.695. The van der Waals surface area contributed by atoms with E-state index in [4.69, 9.17) is 45.3 Å². The second-order valence-corrected chi connectivity index (χ2v) is 5.78. The van der Waals surface area contributed by atoms with E-state index in [0.29, 0.717) is 27.4 Å². The Morgan fingerprint density at radius 1 is 1.05 bits per heavy atom. The van der Waals surface area contributed by atoms with Gasteiger partial charge in [-0.3, -0.25) is 0 Å². The summed E-state index contributed by atoms with van der Waals surface area (Å²) in [5, 5.41) is 1.87. The van der Waals surface area contributed by atoms with Crippen LogP contribution in [0.3, 0.4) is 0 Å². The van der Waals surface area contributed by atoms with Crippen molar-refractivity contribution in [2.45, 2.75) is 19.6 Å². The van der Waals surface area contributed by atoms with Gasteiger partial charge < -0.3 is 10.5 Å². The van der Waals surface area contributed by atoms with Gasteiger partial charge in [-0.25, -0.2) is 0 Å². The second-order valence-electron chi connectivity index (χ2n) is 4.50. The molecule has 0 amide bonds. The van der Waals surface area contributed by atoms with Crippen LogP contribution in [0.5, 0.6) is 5.75 Å². The molecule has 0 unspecified atom stereocenters. The highest BCUT2D eigenvalue weighted by Crippen LogP contribution is 2.29. The molecule has 2 nitrogen and oxygen atoms in total. The van der Waals surface area contributed by atoms with E-state index < -0.39 is 0 Å². The lowest BCUT2D eigenvalue weighted by Gasteiger charge is -2.15. The van der Waals surface area contributed by atoms with Gasteiger partial charge >= 0.3 is 0 Å². The first-order valence-corrected chi connectivity index (χ1v) is 7.22. The summed E-state index contributed by atoms with van der Waals surface area (Å²) in [7, 11) is 0. The molecule has 0 saturated carbocycles. The summed E-state index contributed by atoms with van der Waals surface area (Å²) in [6.07, 6.45) is 0. The summed E-state index contributed by atoms with van der Waals surface area (Å²) in [6.45, 7) is 2.20. The Hall–Kier alpha value is -0.930. The lowest BCUT2D eigenvalue weighted by Crippen LogP contribution is -2.08. The molecule has 2 N–H and O–H groups in total. The number of hydrogen-bond acceptors (Lipinski definition) is 2. The molecule has 0 radical (unpaired) electrons. The van der Waals surface area contributed by atoms with Crippen molar-refractivity contribution in [1.29, 1.82) is 0 Å². The lowest BCUT2D eigenvalue weighted by molar-refractivity contribution is 0.301. The average molecular weight is 331 g/mol. The first kappa shape index (κ1) is 15.5. The van der Waals surface area contributed by atoms with Crippen LogP contribution in [0.4, 0.5) is 0 Å². The van der Waals surface area contributed by atoms with Crippen LogP contribution >= 0.6 is 34.8 Å². The topological polar surface area (TPSA) is 35.2 Å². The van der Waals surface area contributed by atoms with Gasteiger partial charge in [0.15, 0.2) is 0 Å². The third-order valence-electron chi connectivity index (χ3n) is 2.85. The highest BCUT2D eigenvalue weighted by molar-refractivity contribution is 6.33. The van der Waals surface area contributed by atoms with Crippen LogP contribution in [-0.4, -0.2) is 0 Å². The monoisotopic (exact) mass is 329 g/mol. The van der Waals surface area contributed by atoms with Crippen molar-refractivity contribution >= 4 is 34.8 Å². The van der Waals surface area contributed by atoms with E-state index in [9.17, 15) is 0 Å². The van der Waals surface area contributed by atoms with Gasteiger partial charge in [-0.1, -0.05) is 34.8 Å². The van der Waals surface area contributed by atoms with Gasteiger partial charge in [0.2, 0.25) is 0 Å². The zero-order chi connectivity index (χ0) is 14.7. The molecule has 0 heterocycles. The van der Waals surface area contributed by atoms with Crippen molar-refractivity contribution in [1.82, 2.24) is 0 Å². The fraction of sp³-hybridized carbons (Fsp3) is 0.200. The molecule has 5 heteroatoms. The van der Waals surface area contributed by atoms with Gasteiger partial charge in [0.25, 0.3) is 0 Å². The van der Waals surface area contributed by atoms with E-state index in [2.05, 4.69) is 0 Å². The average Bonchev–Trinajstić information content (AvgIpc) is 2.40. The van der Waals surface area contributed by atoms with Crippen LogP contribution < -0.4 is 10.5 Å². The highest BCUT2D eigenvalue weighted by atomic mass is 35.5. The molecule has 2 rings (SSSR count). The lowest BCUT2D eigenvalue weighted by atomic mass is 10.1. The zero-order valence-electron chi connectivity index (χ0n) is 10.9. The van der Waals surface area contributed by atoms with E-state index in [1.165, 1.54) is 0 Å². The van der Waals surface area contributed by atoms with Crippen LogP contribution in [-0.2, 0) is 6.61 Å². The van der Waals surface area contributed by atoms with Gasteiger partial charge in [-0.05, 0) is 43.3 Å². The van der Waals surface area contributed by atoms with Crippen molar-refractivity contribution in [3.05, 3.63) is 62.6 Å². The normalized spacial score (nSPS) is 12.2. The van der Waals surface area contributed by atoms with Crippen molar-refractivity contribution < 1.29 is 4.74 Å². The number of nitrogens with two attached hydrogens (primary N) is 1. The van der Waals surface area contributed by atoms with Crippen molar-refractivity contribution in [3.8, 4) is 5.75 Å². The maximum absolute atomic E-state index is 6.11. The predicted octanol–water partition coefficient (Wildman–Crippen LogP) is 5.25. The summed E-state index contributed by atoms with van der Waals surface area (Å²) in [6, 6.07) is 10.5. The molecule has 0 fully saturated rings. The van der Waals surface area contributed by atoms with Crippen molar-refractivity contribution in [2.24, 2.45) is 5.73 Å². The maximum Gasteiger partial charge on any atom is 0.124 e. The van der Waals surface area contributed by atoms with Gasteiger partial charge in [0.05, 0.1) is 0 Å². The Kier molecular flexibility index (Phi) is 5.17. The number of benzene rings is 2. The Morgan fingerprint density at radius 3 is 2.40 bits per heavy atom. The second kappa shape index (κ2) is 6.68. The standard InChI is InChI=1S/C15H14Cl3NO/c1-9(19)13-7-12(17)3-5-15(13)20-8-10-6-11(16)2-4-14(10)18/h2-7,9H,8,19H2,1H3/t9-/m1/s1. The molecule has 20 heavy (non-hydrogen) atoms. The summed E-state index contributed by atoms with van der Waals surface area (Å²) >= 11 is 18.0. The van der Waals surface area contributed by atoms with Gasteiger partial charge in [-0.15, -0.1) is 0 Å². The number of rotatable bonds is 4. The molecule has 0 aliphatic rings. The van der Waals surface area contributed by atoms with Crippen molar-refractivity contribution in [2.75, 3.05) is 0 Å². The minimum Gasteiger partial charge on any atom is -0.489 e. The largest absolute Gasteiger partial charge is 0.489 e. The number of ether oxygens (including phenoxy) is 1. The Balaban J connectivity index is 2.20. The van der Waals surface area contributed by atoms with E-state index in [0.717, 1.165) is 11.1 Å². The minimum atomic E-state index is -0.168. The third-order valence-corrected chi connectivity index (χ3v) is 3.69. The quantitative estimate of drug-likeness (QED) is 0.831. The molecule has 0 bridgehead atoms. The van der Waals surface area contributed by atoms with E-state index in [-0.39, 0.29) is 6.04 Å². The fourth-order valence-electron chi connectivity index (χ4n) is 1.82. The van der Waals surface area contributed by atoms with E-state index in [1.807, 2.05) is 6.92 Å². The first-order valence-electron chi connectivity index (χ1n) is 6.09. The fourth-order valence-corrected chi connectivity index (χ4v) is 2.36.